The Hall–Kier alpha value is -3.20. The zero-order valence-electron chi connectivity index (χ0n) is 25.7. The van der Waals surface area contributed by atoms with E-state index in [0.29, 0.717) is 18.9 Å². The van der Waals surface area contributed by atoms with Crippen LogP contribution < -0.4 is 5.32 Å². The molecule has 2 heterocycles. The minimum atomic E-state index is -0.886. The topological polar surface area (TPSA) is 96.5 Å². The van der Waals surface area contributed by atoms with Gasteiger partial charge in [-0.25, -0.2) is 0 Å². The van der Waals surface area contributed by atoms with Crippen molar-refractivity contribution in [1.29, 1.82) is 0 Å². The number of methoxy groups -OCH3 is 1. The molecule has 2 unspecified atom stereocenters. The molecule has 0 radical (unpaired) electrons. The van der Waals surface area contributed by atoms with Gasteiger partial charge in [-0.15, -0.1) is 0 Å². The van der Waals surface area contributed by atoms with Gasteiger partial charge in [0.2, 0.25) is 0 Å². The van der Waals surface area contributed by atoms with Crippen molar-refractivity contribution in [2.75, 3.05) is 40.4 Å². The molecule has 4 rings (SSSR count). The SMILES string of the molecule is CC.CN=C(/C=C\CNC(=O)c1oc2c(C)c(C)ccc2c1C)N1CCC(OCC2C=C(C(O)OC)C=CC2)CC1. The summed E-state index contributed by atoms with van der Waals surface area (Å²) in [4.78, 5) is 19.5. The highest BCUT2D eigenvalue weighted by Crippen LogP contribution is 2.29. The summed E-state index contributed by atoms with van der Waals surface area (Å²) in [6.45, 7) is 12.7. The van der Waals surface area contributed by atoms with E-state index in [1.165, 1.54) is 7.11 Å². The average Bonchev–Trinajstić information content (AvgIpc) is 3.35. The highest BCUT2D eigenvalue weighted by atomic mass is 16.6. The van der Waals surface area contributed by atoms with E-state index >= 15 is 0 Å². The number of aliphatic hydroxyl groups is 1. The lowest BCUT2D eigenvalue weighted by Gasteiger charge is -2.34. The summed E-state index contributed by atoms with van der Waals surface area (Å²) in [6.07, 6.45) is 12.0. The Morgan fingerprint density at radius 2 is 1.95 bits per heavy atom. The second-order valence-electron chi connectivity index (χ2n) is 10.3. The molecular formula is C33H47N3O5. The summed E-state index contributed by atoms with van der Waals surface area (Å²) in [7, 11) is 3.29. The van der Waals surface area contributed by atoms with Crippen molar-refractivity contribution < 1.29 is 23.8 Å². The number of nitrogens with one attached hydrogen (secondary N) is 1. The molecule has 1 saturated heterocycles. The molecule has 2 N–H and O–H groups in total. The second kappa shape index (κ2) is 15.7. The number of allylic oxidation sites excluding steroid dienone is 1. The molecule has 1 fully saturated rings. The first-order chi connectivity index (χ1) is 19.8. The highest BCUT2D eigenvalue weighted by molar-refractivity contribution is 6.00. The number of hydrogen-bond donors (Lipinski definition) is 2. The minimum absolute atomic E-state index is 0.206. The van der Waals surface area contributed by atoms with E-state index in [4.69, 9.17) is 13.9 Å². The molecular weight excluding hydrogens is 518 g/mol. The Morgan fingerprint density at radius 1 is 1.22 bits per heavy atom. The van der Waals surface area contributed by atoms with Crippen LogP contribution in [0.1, 0.15) is 60.4 Å². The molecule has 0 bridgehead atoms. The Bertz CT molecular complexity index is 1280. The van der Waals surface area contributed by atoms with Crippen molar-refractivity contribution in [3.05, 3.63) is 70.5 Å². The van der Waals surface area contributed by atoms with Crippen molar-refractivity contribution in [3.63, 3.8) is 0 Å². The Kier molecular flexibility index (Phi) is 12.4. The lowest BCUT2D eigenvalue weighted by molar-refractivity contribution is -0.0433. The monoisotopic (exact) mass is 565 g/mol. The number of hydrogen-bond acceptors (Lipinski definition) is 6. The van der Waals surface area contributed by atoms with Crippen LogP contribution in [0, 0.1) is 26.7 Å². The lowest BCUT2D eigenvalue weighted by atomic mass is 9.96. The minimum Gasteiger partial charge on any atom is -0.450 e. The third-order valence-electron chi connectivity index (χ3n) is 7.71. The number of piperidine rings is 1. The van der Waals surface area contributed by atoms with Crippen LogP contribution in [0.15, 0.2) is 57.5 Å². The van der Waals surface area contributed by atoms with E-state index in [9.17, 15) is 9.90 Å². The van der Waals surface area contributed by atoms with Crippen LogP contribution in [0.2, 0.25) is 0 Å². The van der Waals surface area contributed by atoms with Crippen LogP contribution >= 0.6 is 0 Å². The van der Waals surface area contributed by atoms with Gasteiger partial charge in [-0.3, -0.25) is 9.79 Å². The zero-order valence-corrected chi connectivity index (χ0v) is 25.7. The van der Waals surface area contributed by atoms with Crippen molar-refractivity contribution in [2.24, 2.45) is 10.9 Å². The van der Waals surface area contributed by atoms with Gasteiger partial charge in [0.15, 0.2) is 12.1 Å². The number of carbonyl (C=O) groups is 1. The number of ether oxygens (including phenoxy) is 2. The summed E-state index contributed by atoms with van der Waals surface area (Å²) in [5.74, 6) is 1.29. The number of benzene rings is 1. The molecule has 0 spiro atoms. The standard InChI is InChI=1S/C31H41N3O5.C2H6/c1-20-11-12-26-22(3)29(39-28(26)21(20)2)30(35)33-15-7-10-27(32-4)34-16-13-25(14-17-34)38-19-23-8-6-9-24(18-23)31(36)37-5;1-2/h6-7,9-12,18,23,25,31,36H,8,13-17,19H2,1-5H3,(H,33,35);1-2H3/b10-7-,32-27?;. The number of rotatable bonds is 9. The number of likely N-dealkylation sites (tertiary alicyclic amines) is 1. The Morgan fingerprint density at radius 3 is 2.63 bits per heavy atom. The van der Waals surface area contributed by atoms with Crippen LogP contribution in [-0.4, -0.2) is 74.5 Å². The van der Waals surface area contributed by atoms with Crippen LogP contribution in [0.3, 0.4) is 0 Å². The summed E-state index contributed by atoms with van der Waals surface area (Å²) < 4.78 is 17.2. The second-order valence-corrected chi connectivity index (χ2v) is 10.3. The smallest absolute Gasteiger partial charge is 0.287 e. The third kappa shape index (κ3) is 8.18. The quantitative estimate of drug-likeness (QED) is 0.232. The summed E-state index contributed by atoms with van der Waals surface area (Å²) >= 11 is 0. The molecule has 1 aliphatic heterocycles. The number of carbonyl (C=O) groups excluding carboxylic acids is 1. The van der Waals surface area contributed by atoms with Crippen molar-refractivity contribution in [2.45, 2.75) is 66.3 Å². The van der Waals surface area contributed by atoms with Gasteiger partial charge in [-0.05, 0) is 57.2 Å². The van der Waals surface area contributed by atoms with Crippen LogP contribution in [0.5, 0.6) is 0 Å². The van der Waals surface area contributed by atoms with Gasteiger partial charge in [0.25, 0.3) is 5.91 Å². The van der Waals surface area contributed by atoms with Crippen molar-refractivity contribution in [1.82, 2.24) is 10.2 Å². The van der Waals surface area contributed by atoms with Gasteiger partial charge >= 0.3 is 0 Å². The number of aliphatic imine (C=N–C) groups is 1. The summed E-state index contributed by atoms with van der Waals surface area (Å²) in [6, 6.07) is 4.07. The molecule has 1 aromatic heterocycles. The maximum absolute atomic E-state index is 12.8. The average molecular weight is 566 g/mol. The summed E-state index contributed by atoms with van der Waals surface area (Å²) in [5.41, 5.74) is 4.63. The van der Waals surface area contributed by atoms with E-state index in [-0.39, 0.29) is 17.9 Å². The number of nitrogens with zero attached hydrogens (tertiary/aromatic N) is 2. The number of furan rings is 1. The van der Waals surface area contributed by atoms with Crippen molar-refractivity contribution >= 4 is 22.7 Å². The van der Waals surface area contributed by atoms with Crippen LogP contribution in [0.4, 0.5) is 0 Å². The number of amidine groups is 1. The molecule has 2 aliphatic rings. The van der Waals surface area contributed by atoms with Crippen LogP contribution in [0.25, 0.3) is 11.0 Å². The number of aryl methyl sites for hydroxylation is 3. The predicted molar refractivity (Wildman–Crippen MR) is 165 cm³/mol. The predicted octanol–water partition coefficient (Wildman–Crippen LogP) is 5.65. The zero-order chi connectivity index (χ0) is 29.9. The van der Waals surface area contributed by atoms with Gasteiger partial charge in [0.1, 0.15) is 11.4 Å². The van der Waals surface area contributed by atoms with E-state index in [1.807, 2.05) is 65.0 Å². The molecule has 2 aromatic rings. The van der Waals surface area contributed by atoms with Crippen molar-refractivity contribution in [3.8, 4) is 0 Å². The molecule has 1 aliphatic carbocycles. The van der Waals surface area contributed by atoms with Gasteiger partial charge in [0, 0.05) is 56.2 Å². The number of fused-ring (bicyclic) bond motifs is 1. The molecule has 1 aromatic carbocycles. The molecule has 8 nitrogen and oxygen atoms in total. The first kappa shape index (κ1) is 32.3. The maximum atomic E-state index is 12.8. The highest BCUT2D eigenvalue weighted by Gasteiger charge is 2.23. The summed E-state index contributed by atoms with van der Waals surface area (Å²) in [5, 5.41) is 13.8. The molecule has 41 heavy (non-hydrogen) atoms. The molecule has 0 saturated carbocycles. The molecule has 2 atom stereocenters. The van der Waals surface area contributed by atoms with Gasteiger partial charge < -0.3 is 29.2 Å². The molecule has 224 valence electrons. The fourth-order valence-corrected chi connectivity index (χ4v) is 5.15. The van der Waals surface area contributed by atoms with E-state index in [2.05, 4.69) is 27.4 Å². The fourth-order valence-electron chi connectivity index (χ4n) is 5.15. The maximum Gasteiger partial charge on any atom is 0.287 e. The molecule has 1 amide bonds. The van der Waals surface area contributed by atoms with Gasteiger partial charge in [-0.2, -0.15) is 0 Å². The van der Waals surface area contributed by atoms with E-state index in [1.54, 1.807) is 7.05 Å². The van der Waals surface area contributed by atoms with Gasteiger partial charge in [0.05, 0.1) is 12.7 Å². The van der Waals surface area contributed by atoms with E-state index in [0.717, 1.165) is 71.4 Å². The molecule has 8 heteroatoms. The van der Waals surface area contributed by atoms with Gasteiger partial charge in [-0.1, -0.05) is 50.3 Å². The fraction of sp³-hybridized carbons (Fsp3) is 0.515. The Balaban J connectivity index is 0.00000226. The first-order valence-corrected chi connectivity index (χ1v) is 14.7. The lowest BCUT2D eigenvalue weighted by Crippen LogP contribution is -2.40. The first-order valence-electron chi connectivity index (χ1n) is 14.7. The van der Waals surface area contributed by atoms with Crippen LogP contribution in [-0.2, 0) is 9.47 Å². The number of aliphatic hydroxyl groups excluding tert-OH is 1. The number of amides is 1. The van der Waals surface area contributed by atoms with E-state index < -0.39 is 6.29 Å². The normalized spacial score (nSPS) is 18.8. The third-order valence-corrected chi connectivity index (χ3v) is 7.71. The largest absolute Gasteiger partial charge is 0.450 e. The Labute approximate surface area is 244 Å².